The van der Waals surface area contributed by atoms with Crippen molar-refractivity contribution in [3.63, 3.8) is 0 Å². The normalized spacial score (nSPS) is 16.5. The molecule has 7 heteroatoms. The smallest absolute Gasteiger partial charge is 0.243 e. The first-order valence-electron chi connectivity index (χ1n) is 7.07. The highest BCUT2D eigenvalue weighted by Gasteiger charge is 2.20. The fourth-order valence-corrected chi connectivity index (χ4v) is 3.51. The van der Waals surface area contributed by atoms with E-state index >= 15 is 0 Å². The Balaban J connectivity index is 1.93. The van der Waals surface area contributed by atoms with Crippen molar-refractivity contribution >= 4 is 15.7 Å². The molecule has 1 aromatic carbocycles. The van der Waals surface area contributed by atoms with Crippen LogP contribution in [-0.2, 0) is 14.8 Å². The number of nitrogens with one attached hydrogen (secondary N) is 1. The summed E-state index contributed by atoms with van der Waals surface area (Å²) in [7, 11) is -3.91. The van der Waals surface area contributed by atoms with E-state index in [0.717, 1.165) is 37.8 Å². The molecule has 0 aliphatic heterocycles. The van der Waals surface area contributed by atoms with E-state index in [4.69, 9.17) is 10.5 Å². The molecule has 0 bridgehead atoms. The third-order valence-corrected chi connectivity index (χ3v) is 5.14. The van der Waals surface area contributed by atoms with Gasteiger partial charge in [-0.2, -0.15) is 0 Å². The minimum Gasteiger partial charge on any atom is -0.398 e. The topological polar surface area (TPSA) is 81.4 Å². The van der Waals surface area contributed by atoms with Gasteiger partial charge in [-0.05, 0) is 37.5 Å². The van der Waals surface area contributed by atoms with Crippen molar-refractivity contribution in [3.8, 4) is 0 Å². The van der Waals surface area contributed by atoms with Gasteiger partial charge in [0.15, 0.2) is 0 Å². The molecule has 1 aromatic rings. The van der Waals surface area contributed by atoms with Crippen LogP contribution in [0.4, 0.5) is 10.1 Å². The van der Waals surface area contributed by atoms with Crippen molar-refractivity contribution in [2.24, 2.45) is 0 Å². The number of benzene rings is 1. The molecule has 0 heterocycles. The summed E-state index contributed by atoms with van der Waals surface area (Å²) in [4.78, 5) is -0.425. The number of sulfonamides is 1. The molecule has 0 spiro atoms. The van der Waals surface area contributed by atoms with Gasteiger partial charge >= 0.3 is 0 Å². The minimum atomic E-state index is -3.91. The summed E-state index contributed by atoms with van der Waals surface area (Å²) in [5.74, 6) is -0.800. The molecule has 0 aromatic heterocycles. The van der Waals surface area contributed by atoms with E-state index in [1.165, 1.54) is 0 Å². The van der Waals surface area contributed by atoms with Crippen molar-refractivity contribution in [2.45, 2.75) is 43.6 Å². The number of rotatable bonds is 6. The molecule has 0 saturated heterocycles. The van der Waals surface area contributed by atoms with Gasteiger partial charge in [0, 0.05) is 12.2 Å². The zero-order valence-corrected chi connectivity index (χ0v) is 12.9. The molecule has 1 aliphatic rings. The average molecular weight is 316 g/mol. The summed E-state index contributed by atoms with van der Waals surface area (Å²) < 4.78 is 45.8. The molecule has 1 aliphatic carbocycles. The van der Waals surface area contributed by atoms with Gasteiger partial charge < -0.3 is 10.5 Å². The SMILES string of the molecule is Cc1cc(F)c(S(=O)(=O)NCCOC2CCCC2)cc1N. The van der Waals surface area contributed by atoms with Crippen molar-refractivity contribution in [1.29, 1.82) is 0 Å². The largest absolute Gasteiger partial charge is 0.398 e. The van der Waals surface area contributed by atoms with Gasteiger partial charge in [-0.3, -0.25) is 0 Å². The van der Waals surface area contributed by atoms with Crippen molar-refractivity contribution in [3.05, 3.63) is 23.5 Å². The minimum absolute atomic E-state index is 0.117. The van der Waals surface area contributed by atoms with E-state index in [2.05, 4.69) is 4.72 Å². The highest BCUT2D eigenvalue weighted by molar-refractivity contribution is 7.89. The summed E-state index contributed by atoms with van der Waals surface area (Å²) in [5.41, 5.74) is 6.40. The molecule has 118 valence electrons. The van der Waals surface area contributed by atoms with Gasteiger partial charge in [0.2, 0.25) is 10.0 Å². The van der Waals surface area contributed by atoms with Gasteiger partial charge in [0.05, 0.1) is 12.7 Å². The van der Waals surface area contributed by atoms with Crippen LogP contribution in [0.3, 0.4) is 0 Å². The zero-order chi connectivity index (χ0) is 15.5. The monoisotopic (exact) mass is 316 g/mol. The average Bonchev–Trinajstić information content (AvgIpc) is 2.92. The Morgan fingerprint density at radius 1 is 1.38 bits per heavy atom. The van der Waals surface area contributed by atoms with Gasteiger partial charge in [0.1, 0.15) is 10.7 Å². The first-order chi connectivity index (χ1) is 9.90. The molecule has 0 amide bonds. The Morgan fingerprint density at radius 3 is 2.71 bits per heavy atom. The van der Waals surface area contributed by atoms with Crippen LogP contribution in [-0.4, -0.2) is 27.7 Å². The van der Waals surface area contributed by atoms with Crippen LogP contribution in [0.15, 0.2) is 17.0 Å². The van der Waals surface area contributed by atoms with E-state index in [0.29, 0.717) is 5.56 Å². The Bertz CT molecular complexity index is 598. The van der Waals surface area contributed by atoms with Gasteiger partial charge in [-0.15, -0.1) is 0 Å². The van der Waals surface area contributed by atoms with E-state index in [1.807, 2.05) is 0 Å². The fourth-order valence-electron chi connectivity index (χ4n) is 2.41. The lowest BCUT2D eigenvalue weighted by Gasteiger charge is -2.12. The lowest BCUT2D eigenvalue weighted by molar-refractivity contribution is 0.0626. The van der Waals surface area contributed by atoms with Crippen LogP contribution in [0.5, 0.6) is 0 Å². The number of halogens is 1. The predicted octanol–water partition coefficient (Wildman–Crippen LogP) is 1.95. The molecule has 1 saturated carbocycles. The third kappa shape index (κ3) is 4.15. The molecule has 0 unspecified atom stereocenters. The molecular formula is C14H21FN2O3S. The second kappa shape index (κ2) is 6.72. The highest BCUT2D eigenvalue weighted by atomic mass is 32.2. The Hall–Kier alpha value is -1.18. The van der Waals surface area contributed by atoms with Crippen molar-refractivity contribution in [1.82, 2.24) is 4.72 Å². The van der Waals surface area contributed by atoms with Crippen LogP contribution >= 0.6 is 0 Å². The second-order valence-corrected chi connectivity index (χ2v) is 7.05. The Kier molecular flexibility index (Phi) is 5.18. The van der Waals surface area contributed by atoms with Crippen molar-refractivity contribution < 1.29 is 17.5 Å². The summed E-state index contributed by atoms with van der Waals surface area (Å²) in [6.45, 7) is 2.02. The number of ether oxygens (including phenoxy) is 1. The number of nitrogen functional groups attached to an aromatic ring is 1. The maximum Gasteiger partial charge on any atom is 0.243 e. The molecule has 5 nitrogen and oxygen atoms in total. The third-order valence-electron chi connectivity index (χ3n) is 3.66. The zero-order valence-electron chi connectivity index (χ0n) is 12.1. The van der Waals surface area contributed by atoms with E-state index in [-0.39, 0.29) is 24.9 Å². The lowest BCUT2D eigenvalue weighted by Crippen LogP contribution is -2.29. The maximum atomic E-state index is 13.8. The molecular weight excluding hydrogens is 295 g/mol. The van der Waals surface area contributed by atoms with E-state index in [1.54, 1.807) is 6.92 Å². The quantitative estimate of drug-likeness (QED) is 0.621. The van der Waals surface area contributed by atoms with Gasteiger partial charge in [-0.25, -0.2) is 17.5 Å². The number of hydrogen-bond acceptors (Lipinski definition) is 4. The standard InChI is InChI=1S/C14H21FN2O3S/c1-10-8-12(15)14(9-13(10)16)21(18,19)17-6-7-20-11-4-2-3-5-11/h8-9,11,17H,2-7,16H2,1H3. The maximum absolute atomic E-state index is 13.8. The van der Waals surface area contributed by atoms with Crippen LogP contribution in [0.2, 0.25) is 0 Å². The molecule has 1 fully saturated rings. The fraction of sp³-hybridized carbons (Fsp3) is 0.571. The van der Waals surface area contributed by atoms with Crippen LogP contribution < -0.4 is 10.5 Å². The van der Waals surface area contributed by atoms with Gasteiger partial charge in [-0.1, -0.05) is 12.8 Å². The highest BCUT2D eigenvalue weighted by Crippen LogP contribution is 2.22. The van der Waals surface area contributed by atoms with E-state index < -0.39 is 20.7 Å². The summed E-state index contributed by atoms with van der Waals surface area (Å²) in [5, 5.41) is 0. The number of anilines is 1. The number of aryl methyl sites for hydroxylation is 1. The summed E-state index contributed by atoms with van der Waals surface area (Å²) in [6, 6.07) is 2.27. The van der Waals surface area contributed by atoms with Gasteiger partial charge in [0.25, 0.3) is 0 Å². The summed E-state index contributed by atoms with van der Waals surface area (Å²) >= 11 is 0. The first-order valence-corrected chi connectivity index (χ1v) is 8.55. The molecule has 0 radical (unpaired) electrons. The summed E-state index contributed by atoms with van der Waals surface area (Å²) in [6.07, 6.45) is 4.58. The Labute approximate surface area is 124 Å². The molecule has 0 atom stereocenters. The predicted molar refractivity (Wildman–Crippen MR) is 78.9 cm³/mol. The van der Waals surface area contributed by atoms with Crippen LogP contribution in [0, 0.1) is 12.7 Å². The molecule has 3 N–H and O–H groups in total. The number of hydrogen-bond donors (Lipinski definition) is 2. The van der Waals surface area contributed by atoms with Crippen LogP contribution in [0.25, 0.3) is 0 Å². The van der Waals surface area contributed by atoms with Crippen molar-refractivity contribution in [2.75, 3.05) is 18.9 Å². The number of nitrogens with two attached hydrogens (primary N) is 1. The first kappa shape index (κ1) is 16.2. The van der Waals surface area contributed by atoms with Crippen LogP contribution in [0.1, 0.15) is 31.2 Å². The molecule has 2 rings (SSSR count). The second-order valence-electron chi connectivity index (χ2n) is 5.31. The molecule has 21 heavy (non-hydrogen) atoms. The Morgan fingerprint density at radius 2 is 2.05 bits per heavy atom. The van der Waals surface area contributed by atoms with E-state index in [9.17, 15) is 12.8 Å². The lowest BCUT2D eigenvalue weighted by atomic mass is 10.2.